The summed E-state index contributed by atoms with van der Waals surface area (Å²) in [5.74, 6) is 1.05. The SMILES string of the molecule is Cc1cncnc1N1CCC2(CC[C@@H](CNC(=O)OC(C)C)OC2)CC1. The fraction of sp³-hybridized carbons (Fsp3) is 0.737. The zero-order valence-electron chi connectivity index (χ0n) is 16.0. The number of ether oxygens (including phenoxy) is 2. The lowest BCUT2D eigenvalue weighted by Gasteiger charge is -2.46. The average molecular weight is 362 g/mol. The summed E-state index contributed by atoms with van der Waals surface area (Å²) in [5, 5.41) is 2.80. The molecule has 1 N–H and O–H groups in total. The number of anilines is 1. The molecule has 2 fully saturated rings. The third kappa shape index (κ3) is 4.63. The third-order valence-corrected chi connectivity index (χ3v) is 5.43. The minimum absolute atomic E-state index is 0.0856. The van der Waals surface area contributed by atoms with Crippen LogP contribution in [0.1, 0.15) is 45.1 Å². The van der Waals surface area contributed by atoms with Gasteiger partial charge in [0.05, 0.1) is 18.8 Å². The molecule has 7 heteroatoms. The van der Waals surface area contributed by atoms with E-state index in [0.29, 0.717) is 6.54 Å². The van der Waals surface area contributed by atoms with Crippen molar-refractivity contribution in [3.8, 4) is 0 Å². The quantitative estimate of drug-likeness (QED) is 0.887. The van der Waals surface area contributed by atoms with Gasteiger partial charge < -0.3 is 19.7 Å². The maximum atomic E-state index is 11.6. The van der Waals surface area contributed by atoms with E-state index in [2.05, 4.69) is 27.1 Å². The molecule has 144 valence electrons. The number of aromatic nitrogens is 2. The van der Waals surface area contributed by atoms with Gasteiger partial charge in [0.1, 0.15) is 12.1 Å². The third-order valence-electron chi connectivity index (χ3n) is 5.43. The number of rotatable bonds is 4. The van der Waals surface area contributed by atoms with Gasteiger partial charge in [-0.15, -0.1) is 0 Å². The Morgan fingerprint density at radius 2 is 2.19 bits per heavy atom. The fourth-order valence-electron chi connectivity index (χ4n) is 3.84. The van der Waals surface area contributed by atoms with Crippen molar-refractivity contribution < 1.29 is 14.3 Å². The van der Waals surface area contributed by atoms with E-state index in [1.165, 1.54) is 0 Å². The van der Waals surface area contributed by atoms with Crippen molar-refractivity contribution >= 4 is 11.9 Å². The predicted molar refractivity (Wildman–Crippen MR) is 99.2 cm³/mol. The van der Waals surface area contributed by atoms with Gasteiger partial charge in [-0.1, -0.05) is 0 Å². The standard InChI is InChI=1S/C19H30N4O3/c1-14(2)26-18(24)21-11-16-4-5-19(12-25-16)6-8-23(9-7-19)17-15(3)10-20-13-22-17/h10,13-14,16H,4-9,11-12H2,1-3H3,(H,21,24)/t16-/m0/s1. The van der Waals surface area contributed by atoms with E-state index in [4.69, 9.17) is 9.47 Å². The van der Waals surface area contributed by atoms with Gasteiger partial charge in [0, 0.05) is 31.4 Å². The number of piperidine rings is 1. The molecule has 26 heavy (non-hydrogen) atoms. The first-order valence-corrected chi connectivity index (χ1v) is 9.55. The van der Waals surface area contributed by atoms with Crippen LogP contribution in [0.3, 0.4) is 0 Å². The van der Waals surface area contributed by atoms with E-state index in [1.807, 2.05) is 20.0 Å². The van der Waals surface area contributed by atoms with Crippen molar-refractivity contribution in [3.05, 3.63) is 18.1 Å². The molecule has 0 aromatic carbocycles. The fourth-order valence-corrected chi connectivity index (χ4v) is 3.84. The Balaban J connectivity index is 1.44. The summed E-state index contributed by atoms with van der Waals surface area (Å²) in [4.78, 5) is 22.5. The molecule has 0 aliphatic carbocycles. The molecule has 0 unspecified atom stereocenters. The number of hydrogen-bond acceptors (Lipinski definition) is 6. The first kappa shape index (κ1) is 18.9. The van der Waals surface area contributed by atoms with Crippen LogP contribution in [-0.2, 0) is 9.47 Å². The second-order valence-electron chi connectivity index (χ2n) is 7.82. The summed E-state index contributed by atoms with van der Waals surface area (Å²) in [5.41, 5.74) is 1.40. The Labute approximate surface area is 155 Å². The minimum atomic E-state index is -0.364. The highest BCUT2D eigenvalue weighted by Gasteiger charge is 2.39. The molecule has 1 amide bonds. The van der Waals surface area contributed by atoms with Crippen molar-refractivity contribution in [1.29, 1.82) is 0 Å². The van der Waals surface area contributed by atoms with Crippen LogP contribution >= 0.6 is 0 Å². The Morgan fingerprint density at radius 1 is 1.42 bits per heavy atom. The number of aryl methyl sites for hydroxylation is 1. The number of nitrogens with one attached hydrogen (secondary N) is 1. The molecule has 7 nitrogen and oxygen atoms in total. The topological polar surface area (TPSA) is 76.6 Å². The molecular weight excluding hydrogens is 332 g/mol. The maximum Gasteiger partial charge on any atom is 0.407 e. The molecule has 2 saturated heterocycles. The predicted octanol–water partition coefficient (Wildman–Crippen LogP) is 2.69. The molecule has 1 spiro atoms. The van der Waals surface area contributed by atoms with Gasteiger partial charge in [0.2, 0.25) is 0 Å². The van der Waals surface area contributed by atoms with E-state index in [-0.39, 0.29) is 23.7 Å². The molecule has 1 aromatic rings. The molecule has 2 aliphatic rings. The van der Waals surface area contributed by atoms with Gasteiger partial charge in [-0.25, -0.2) is 14.8 Å². The number of amides is 1. The maximum absolute atomic E-state index is 11.6. The average Bonchev–Trinajstić information content (AvgIpc) is 2.62. The van der Waals surface area contributed by atoms with Crippen LogP contribution in [0.2, 0.25) is 0 Å². The van der Waals surface area contributed by atoms with Crippen LogP contribution in [-0.4, -0.2) is 54.5 Å². The van der Waals surface area contributed by atoms with E-state index < -0.39 is 0 Å². The summed E-state index contributed by atoms with van der Waals surface area (Å²) in [6, 6.07) is 0. The van der Waals surface area contributed by atoms with Crippen molar-refractivity contribution in [3.63, 3.8) is 0 Å². The summed E-state index contributed by atoms with van der Waals surface area (Å²) in [7, 11) is 0. The molecule has 1 atom stereocenters. The first-order valence-electron chi connectivity index (χ1n) is 9.55. The van der Waals surface area contributed by atoms with Crippen LogP contribution in [0.15, 0.2) is 12.5 Å². The van der Waals surface area contributed by atoms with Crippen LogP contribution in [0.5, 0.6) is 0 Å². The van der Waals surface area contributed by atoms with Gasteiger partial charge in [-0.3, -0.25) is 0 Å². The summed E-state index contributed by atoms with van der Waals surface area (Å²) < 4.78 is 11.2. The highest BCUT2D eigenvalue weighted by atomic mass is 16.6. The van der Waals surface area contributed by atoms with Gasteiger partial charge >= 0.3 is 6.09 Å². The van der Waals surface area contributed by atoms with Crippen LogP contribution in [0.4, 0.5) is 10.6 Å². The van der Waals surface area contributed by atoms with Crippen molar-refractivity contribution in [2.24, 2.45) is 5.41 Å². The highest BCUT2D eigenvalue weighted by Crippen LogP contribution is 2.41. The molecule has 3 rings (SSSR count). The van der Waals surface area contributed by atoms with Crippen molar-refractivity contribution in [1.82, 2.24) is 15.3 Å². The molecule has 0 radical (unpaired) electrons. The summed E-state index contributed by atoms with van der Waals surface area (Å²) in [6.07, 6.45) is 7.48. The summed E-state index contributed by atoms with van der Waals surface area (Å²) in [6.45, 7) is 9.05. The number of carbonyl (C=O) groups excluding carboxylic acids is 1. The molecule has 0 saturated carbocycles. The number of alkyl carbamates (subject to hydrolysis) is 1. The number of hydrogen-bond donors (Lipinski definition) is 1. The summed E-state index contributed by atoms with van der Waals surface area (Å²) >= 11 is 0. The molecule has 0 bridgehead atoms. The van der Waals surface area contributed by atoms with E-state index in [1.54, 1.807) is 6.33 Å². The highest BCUT2D eigenvalue weighted by molar-refractivity contribution is 5.67. The normalized spacial score (nSPS) is 22.5. The zero-order valence-corrected chi connectivity index (χ0v) is 16.0. The van der Waals surface area contributed by atoms with Gasteiger partial charge in [0.15, 0.2) is 0 Å². The zero-order chi connectivity index (χ0) is 18.6. The van der Waals surface area contributed by atoms with Crippen molar-refractivity contribution in [2.75, 3.05) is 31.1 Å². The monoisotopic (exact) mass is 362 g/mol. The van der Waals surface area contributed by atoms with Crippen LogP contribution in [0.25, 0.3) is 0 Å². The second-order valence-corrected chi connectivity index (χ2v) is 7.82. The number of carbonyl (C=O) groups is 1. The molecule has 2 aliphatic heterocycles. The van der Waals surface area contributed by atoms with Gasteiger partial charge in [-0.2, -0.15) is 0 Å². The largest absolute Gasteiger partial charge is 0.447 e. The smallest absolute Gasteiger partial charge is 0.407 e. The molecule has 3 heterocycles. The van der Waals surface area contributed by atoms with Gasteiger partial charge in [0.25, 0.3) is 0 Å². The van der Waals surface area contributed by atoms with E-state index in [9.17, 15) is 4.79 Å². The van der Waals surface area contributed by atoms with Gasteiger partial charge in [-0.05, 0) is 51.9 Å². The first-order chi connectivity index (χ1) is 12.5. The Kier molecular flexibility index (Phi) is 5.96. The lowest BCUT2D eigenvalue weighted by atomic mass is 9.73. The molecule has 1 aromatic heterocycles. The lowest BCUT2D eigenvalue weighted by Crippen LogP contribution is -2.48. The van der Waals surface area contributed by atoms with E-state index >= 15 is 0 Å². The minimum Gasteiger partial charge on any atom is -0.447 e. The van der Waals surface area contributed by atoms with Crippen LogP contribution in [0, 0.1) is 12.3 Å². The Morgan fingerprint density at radius 3 is 2.81 bits per heavy atom. The molecular formula is C19H30N4O3. The number of nitrogens with zero attached hydrogens (tertiary/aromatic N) is 3. The Hall–Kier alpha value is -1.89. The van der Waals surface area contributed by atoms with Crippen LogP contribution < -0.4 is 10.2 Å². The Bertz CT molecular complexity index is 605. The van der Waals surface area contributed by atoms with Crippen molar-refractivity contribution in [2.45, 2.75) is 58.7 Å². The second kappa shape index (κ2) is 8.20. The van der Waals surface area contributed by atoms with E-state index in [0.717, 1.165) is 56.8 Å². The lowest BCUT2D eigenvalue weighted by molar-refractivity contribution is -0.0705.